The lowest BCUT2D eigenvalue weighted by Gasteiger charge is -2.09. The molecule has 3 N–H and O–H groups in total. The number of nitrogens with two attached hydrogens (primary N) is 1. The lowest BCUT2D eigenvalue weighted by molar-refractivity contribution is 0.0939. The van der Waals surface area contributed by atoms with Gasteiger partial charge in [-0.3, -0.25) is 9.48 Å². The van der Waals surface area contributed by atoms with Gasteiger partial charge in [0.15, 0.2) is 0 Å². The van der Waals surface area contributed by atoms with E-state index in [1.165, 1.54) is 6.20 Å². The van der Waals surface area contributed by atoms with Gasteiger partial charge >= 0.3 is 0 Å². The molecule has 1 amide bonds. The molecule has 0 saturated carbocycles. The number of rotatable bonds is 5. The van der Waals surface area contributed by atoms with Crippen molar-refractivity contribution in [1.29, 1.82) is 0 Å². The summed E-state index contributed by atoms with van der Waals surface area (Å²) in [6, 6.07) is 0. The molecule has 0 bridgehead atoms. The Morgan fingerprint density at radius 1 is 1.62 bits per heavy atom. The Bertz CT molecular complexity index is 357. The molecule has 5 heteroatoms. The first-order valence-electron chi connectivity index (χ1n) is 5.65. The zero-order valence-electron chi connectivity index (χ0n) is 10.2. The highest BCUT2D eigenvalue weighted by molar-refractivity contribution is 5.97. The Morgan fingerprint density at radius 3 is 2.88 bits per heavy atom. The van der Waals surface area contributed by atoms with E-state index in [4.69, 9.17) is 5.73 Å². The lowest BCUT2D eigenvalue weighted by Crippen LogP contribution is -2.30. The molecular formula is C11H20N4O. The first-order valence-corrected chi connectivity index (χ1v) is 5.65. The molecule has 1 aromatic heterocycles. The van der Waals surface area contributed by atoms with Crippen LogP contribution in [0, 0.1) is 5.92 Å². The summed E-state index contributed by atoms with van der Waals surface area (Å²) in [7, 11) is 0. The van der Waals surface area contributed by atoms with E-state index in [2.05, 4.69) is 10.4 Å². The van der Waals surface area contributed by atoms with E-state index in [1.54, 1.807) is 4.68 Å². The number of nitrogens with one attached hydrogen (secondary N) is 1. The van der Waals surface area contributed by atoms with Crippen molar-refractivity contribution in [2.75, 3.05) is 12.3 Å². The van der Waals surface area contributed by atoms with Crippen molar-refractivity contribution in [2.24, 2.45) is 5.92 Å². The number of carbonyl (C=O) groups is 1. The van der Waals surface area contributed by atoms with E-state index in [-0.39, 0.29) is 5.91 Å². The molecule has 0 fully saturated rings. The van der Waals surface area contributed by atoms with Crippen LogP contribution in [-0.4, -0.2) is 22.2 Å². The summed E-state index contributed by atoms with van der Waals surface area (Å²) >= 11 is 0. The Labute approximate surface area is 96.0 Å². The molecule has 0 spiro atoms. The zero-order valence-corrected chi connectivity index (χ0v) is 10.2. The highest BCUT2D eigenvalue weighted by atomic mass is 16.2. The summed E-state index contributed by atoms with van der Waals surface area (Å²) in [5, 5.41) is 6.93. The van der Waals surface area contributed by atoms with Crippen molar-refractivity contribution in [3.05, 3.63) is 11.9 Å². The van der Waals surface area contributed by atoms with Crippen molar-refractivity contribution in [1.82, 2.24) is 15.1 Å². The predicted molar refractivity (Wildman–Crippen MR) is 64.1 cm³/mol. The fraction of sp³-hybridized carbons (Fsp3) is 0.636. The molecule has 0 aliphatic rings. The van der Waals surface area contributed by atoms with Gasteiger partial charge in [0.25, 0.3) is 5.91 Å². The standard InChI is InChI=1S/C11H20N4O/c1-4-5-15-10(9(12)7-14-15)11(16)13-6-8(2)3/h7-8H,4-6,12H2,1-3H3,(H,13,16). The first kappa shape index (κ1) is 12.5. The average molecular weight is 224 g/mol. The van der Waals surface area contributed by atoms with Crippen molar-refractivity contribution >= 4 is 11.6 Å². The van der Waals surface area contributed by atoms with Crippen molar-refractivity contribution in [2.45, 2.75) is 33.7 Å². The molecule has 1 rings (SSSR count). The fourth-order valence-electron chi connectivity index (χ4n) is 1.41. The van der Waals surface area contributed by atoms with Crippen LogP contribution in [0.5, 0.6) is 0 Å². The smallest absolute Gasteiger partial charge is 0.271 e. The Balaban J connectivity index is 2.76. The number of nitrogen functional groups attached to an aromatic ring is 1. The largest absolute Gasteiger partial charge is 0.396 e. The SMILES string of the molecule is CCCn1ncc(N)c1C(=O)NCC(C)C. The average Bonchev–Trinajstić information content (AvgIpc) is 2.57. The van der Waals surface area contributed by atoms with E-state index >= 15 is 0 Å². The van der Waals surface area contributed by atoms with Crippen LogP contribution in [0.2, 0.25) is 0 Å². The van der Waals surface area contributed by atoms with Crippen LogP contribution in [0.1, 0.15) is 37.7 Å². The Hall–Kier alpha value is -1.52. The monoisotopic (exact) mass is 224 g/mol. The highest BCUT2D eigenvalue weighted by Crippen LogP contribution is 2.11. The zero-order chi connectivity index (χ0) is 12.1. The molecule has 0 aromatic carbocycles. The lowest BCUT2D eigenvalue weighted by atomic mass is 10.2. The normalized spacial score (nSPS) is 10.8. The maximum absolute atomic E-state index is 11.9. The Morgan fingerprint density at radius 2 is 2.31 bits per heavy atom. The van der Waals surface area contributed by atoms with Gasteiger partial charge in [0.2, 0.25) is 0 Å². The minimum atomic E-state index is -0.142. The molecule has 0 atom stereocenters. The number of nitrogens with zero attached hydrogens (tertiary/aromatic N) is 2. The molecule has 0 aliphatic heterocycles. The molecule has 16 heavy (non-hydrogen) atoms. The highest BCUT2D eigenvalue weighted by Gasteiger charge is 2.16. The van der Waals surface area contributed by atoms with Crippen molar-refractivity contribution < 1.29 is 4.79 Å². The second-order valence-corrected chi connectivity index (χ2v) is 4.28. The number of aromatic nitrogens is 2. The molecular weight excluding hydrogens is 204 g/mol. The number of hydrogen-bond acceptors (Lipinski definition) is 3. The fourth-order valence-corrected chi connectivity index (χ4v) is 1.41. The summed E-state index contributed by atoms with van der Waals surface area (Å²) in [6.45, 7) is 7.49. The van der Waals surface area contributed by atoms with E-state index in [1.807, 2.05) is 20.8 Å². The van der Waals surface area contributed by atoms with Gasteiger partial charge in [0.1, 0.15) is 5.69 Å². The second kappa shape index (κ2) is 5.53. The third kappa shape index (κ3) is 2.98. The van der Waals surface area contributed by atoms with Crippen LogP contribution >= 0.6 is 0 Å². The van der Waals surface area contributed by atoms with Crippen molar-refractivity contribution in [3.8, 4) is 0 Å². The topological polar surface area (TPSA) is 72.9 Å². The third-order valence-electron chi connectivity index (χ3n) is 2.19. The number of hydrogen-bond donors (Lipinski definition) is 2. The van der Waals surface area contributed by atoms with Gasteiger partial charge in [0.05, 0.1) is 11.9 Å². The Kier molecular flexibility index (Phi) is 4.34. The van der Waals surface area contributed by atoms with E-state index in [9.17, 15) is 4.79 Å². The molecule has 0 saturated heterocycles. The van der Waals surface area contributed by atoms with E-state index in [0.29, 0.717) is 30.4 Å². The number of carbonyl (C=O) groups excluding carboxylic acids is 1. The van der Waals surface area contributed by atoms with Gasteiger partial charge in [-0.15, -0.1) is 0 Å². The van der Waals surface area contributed by atoms with Crippen molar-refractivity contribution in [3.63, 3.8) is 0 Å². The summed E-state index contributed by atoms with van der Waals surface area (Å²) < 4.78 is 1.66. The molecule has 0 radical (unpaired) electrons. The third-order valence-corrected chi connectivity index (χ3v) is 2.19. The minimum Gasteiger partial charge on any atom is -0.396 e. The van der Waals surface area contributed by atoms with Gasteiger partial charge in [0, 0.05) is 13.1 Å². The van der Waals surface area contributed by atoms with E-state index in [0.717, 1.165) is 6.42 Å². The van der Waals surface area contributed by atoms with Gasteiger partial charge in [-0.2, -0.15) is 5.10 Å². The molecule has 1 aromatic rings. The van der Waals surface area contributed by atoms with Gasteiger partial charge in [-0.25, -0.2) is 0 Å². The van der Waals surface area contributed by atoms with Crippen LogP contribution in [0.25, 0.3) is 0 Å². The maximum atomic E-state index is 11.9. The van der Waals surface area contributed by atoms with Crippen LogP contribution in [0.15, 0.2) is 6.20 Å². The molecule has 5 nitrogen and oxygen atoms in total. The van der Waals surface area contributed by atoms with Gasteiger partial charge in [-0.05, 0) is 12.3 Å². The van der Waals surface area contributed by atoms with Crippen LogP contribution in [0.4, 0.5) is 5.69 Å². The van der Waals surface area contributed by atoms with Gasteiger partial charge < -0.3 is 11.1 Å². The second-order valence-electron chi connectivity index (χ2n) is 4.28. The van der Waals surface area contributed by atoms with Crippen LogP contribution in [0.3, 0.4) is 0 Å². The van der Waals surface area contributed by atoms with Crippen LogP contribution in [-0.2, 0) is 6.54 Å². The number of aryl methyl sites for hydroxylation is 1. The summed E-state index contributed by atoms with van der Waals surface area (Å²) in [6.07, 6.45) is 2.45. The number of amides is 1. The number of anilines is 1. The molecule has 90 valence electrons. The molecule has 0 aliphatic carbocycles. The molecule has 0 unspecified atom stereocenters. The quantitative estimate of drug-likeness (QED) is 0.790. The summed E-state index contributed by atoms with van der Waals surface area (Å²) in [5.41, 5.74) is 6.65. The maximum Gasteiger partial charge on any atom is 0.271 e. The first-order chi connectivity index (χ1) is 7.56. The minimum absolute atomic E-state index is 0.142. The van der Waals surface area contributed by atoms with E-state index < -0.39 is 0 Å². The molecule has 1 heterocycles. The predicted octanol–water partition coefficient (Wildman–Crippen LogP) is 1.26. The van der Waals surface area contributed by atoms with Crippen LogP contribution < -0.4 is 11.1 Å². The summed E-state index contributed by atoms with van der Waals surface area (Å²) in [4.78, 5) is 11.9. The summed E-state index contributed by atoms with van der Waals surface area (Å²) in [5.74, 6) is 0.282. The van der Waals surface area contributed by atoms with Gasteiger partial charge in [-0.1, -0.05) is 20.8 Å².